The molecule has 1 heterocycles. The number of nitrogens with zero attached hydrogens (tertiary/aromatic N) is 1. The van der Waals surface area contributed by atoms with Gasteiger partial charge in [-0.3, -0.25) is 19.3 Å². The van der Waals surface area contributed by atoms with Crippen LogP contribution in [0, 0.1) is 0 Å². The summed E-state index contributed by atoms with van der Waals surface area (Å²) in [7, 11) is 0. The molecule has 0 N–H and O–H groups in total. The van der Waals surface area contributed by atoms with Gasteiger partial charge in [0.05, 0.1) is 18.2 Å². The number of fused-ring (bicyclic) bond motifs is 1. The number of ether oxygens (including phenoxy) is 2. The highest BCUT2D eigenvalue weighted by atomic mass is 35.5. The normalized spacial score (nSPS) is 13.4. The largest absolute Gasteiger partial charge is 0.482 e. The molecule has 1 aromatic rings. The molecular formula is C14H14ClNO5. The third-order valence-electron chi connectivity index (χ3n) is 2.94. The van der Waals surface area contributed by atoms with Gasteiger partial charge < -0.3 is 9.47 Å². The molecule has 112 valence electrons. The fourth-order valence-corrected chi connectivity index (χ4v) is 2.12. The monoisotopic (exact) mass is 311 g/mol. The maximum atomic E-state index is 11.9. The molecule has 0 bridgehead atoms. The van der Waals surface area contributed by atoms with E-state index in [0.717, 1.165) is 0 Å². The second kappa shape index (κ2) is 6.58. The minimum absolute atomic E-state index is 0.158. The van der Waals surface area contributed by atoms with Gasteiger partial charge in [0.2, 0.25) is 0 Å². The van der Waals surface area contributed by atoms with Crippen LogP contribution in [0.3, 0.4) is 0 Å². The van der Waals surface area contributed by atoms with E-state index in [2.05, 4.69) is 0 Å². The van der Waals surface area contributed by atoms with Crippen LogP contribution in [0.1, 0.15) is 17.3 Å². The maximum absolute atomic E-state index is 11.9. The van der Waals surface area contributed by atoms with Crippen molar-refractivity contribution in [2.75, 3.05) is 30.5 Å². The lowest BCUT2D eigenvalue weighted by Gasteiger charge is -2.28. The summed E-state index contributed by atoms with van der Waals surface area (Å²) >= 11 is 5.52. The maximum Gasteiger partial charge on any atom is 0.326 e. The lowest BCUT2D eigenvalue weighted by atomic mass is 10.1. The van der Waals surface area contributed by atoms with Crippen LogP contribution in [0.25, 0.3) is 0 Å². The molecule has 6 nitrogen and oxygen atoms in total. The Bertz CT molecular complexity index is 587. The molecule has 1 amide bonds. The zero-order valence-electron chi connectivity index (χ0n) is 11.4. The second-order valence-corrected chi connectivity index (χ2v) is 4.58. The third kappa shape index (κ3) is 3.33. The topological polar surface area (TPSA) is 72.9 Å². The van der Waals surface area contributed by atoms with E-state index in [1.165, 1.54) is 11.0 Å². The average molecular weight is 312 g/mol. The summed E-state index contributed by atoms with van der Waals surface area (Å²) in [4.78, 5) is 36.4. The van der Waals surface area contributed by atoms with Crippen LogP contribution in [0.15, 0.2) is 18.2 Å². The van der Waals surface area contributed by atoms with Crippen molar-refractivity contribution in [2.24, 2.45) is 0 Å². The molecule has 0 aromatic heterocycles. The van der Waals surface area contributed by atoms with Gasteiger partial charge in [0.25, 0.3) is 5.91 Å². The highest BCUT2D eigenvalue weighted by molar-refractivity contribution is 6.30. The number of anilines is 1. The van der Waals surface area contributed by atoms with Gasteiger partial charge in [-0.1, -0.05) is 0 Å². The molecule has 0 unspecified atom stereocenters. The quantitative estimate of drug-likeness (QED) is 0.467. The van der Waals surface area contributed by atoms with Gasteiger partial charge in [0, 0.05) is 5.56 Å². The van der Waals surface area contributed by atoms with Crippen LogP contribution in [-0.2, 0) is 14.3 Å². The Morgan fingerprint density at radius 1 is 1.43 bits per heavy atom. The summed E-state index contributed by atoms with van der Waals surface area (Å²) < 4.78 is 10.1. The average Bonchev–Trinajstić information content (AvgIpc) is 2.49. The molecule has 0 fully saturated rings. The molecule has 0 spiro atoms. The summed E-state index contributed by atoms with van der Waals surface area (Å²) in [5.74, 6) is -0.886. The fraction of sp³-hybridized carbons (Fsp3) is 0.357. The summed E-state index contributed by atoms with van der Waals surface area (Å²) in [5.41, 5.74) is 0.728. The van der Waals surface area contributed by atoms with Crippen molar-refractivity contribution in [1.82, 2.24) is 0 Å². The zero-order valence-corrected chi connectivity index (χ0v) is 12.2. The number of amides is 1. The minimum Gasteiger partial charge on any atom is -0.482 e. The Hall–Kier alpha value is -2.08. The van der Waals surface area contributed by atoms with Crippen LogP contribution in [-0.4, -0.2) is 43.3 Å². The fourth-order valence-electron chi connectivity index (χ4n) is 1.96. The number of benzene rings is 1. The van der Waals surface area contributed by atoms with E-state index in [9.17, 15) is 14.4 Å². The number of rotatable bonds is 5. The lowest BCUT2D eigenvalue weighted by molar-refractivity contribution is -0.142. The van der Waals surface area contributed by atoms with Crippen molar-refractivity contribution in [1.29, 1.82) is 0 Å². The van der Waals surface area contributed by atoms with Crippen LogP contribution in [0.2, 0.25) is 0 Å². The second-order valence-electron chi connectivity index (χ2n) is 4.31. The molecule has 0 aliphatic carbocycles. The van der Waals surface area contributed by atoms with Gasteiger partial charge >= 0.3 is 5.97 Å². The van der Waals surface area contributed by atoms with Crippen molar-refractivity contribution in [3.8, 4) is 5.75 Å². The first-order valence-electron chi connectivity index (χ1n) is 6.38. The molecule has 0 atom stereocenters. The van der Waals surface area contributed by atoms with Crippen molar-refractivity contribution in [3.05, 3.63) is 23.8 Å². The number of carbonyl (C=O) groups is 3. The zero-order chi connectivity index (χ0) is 15.4. The Morgan fingerprint density at radius 2 is 2.19 bits per heavy atom. The van der Waals surface area contributed by atoms with E-state index >= 15 is 0 Å². The summed E-state index contributed by atoms with van der Waals surface area (Å²) in [6.45, 7) is 1.54. The molecule has 1 aromatic carbocycles. The van der Waals surface area contributed by atoms with Crippen molar-refractivity contribution in [2.45, 2.75) is 6.92 Å². The number of hydrogen-bond donors (Lipinski definition) is 0. The molecule has 2 rings (SSSR count). The van der Waals surface area contributed by atoms with Gasteiger partial charge in [-0.2, -0.15) is 0 Å². The Labute approximate surface area is 126 Å². The summed E-state index contributed by atoms with van der Waals surface area (Å²) in [6.07, 6.45) is 0. The minimum atomic E-state index is -0.521. The SMILES string of the molecule is CCOC(=O)CN1C(=O)COc2ccc(C(=O)CCl)cc21. The van der Waals surface area contributed by atoms with E-state index < -0.39 is 5.97 Å². The highest BCUT2D eigenvalue weighted by Gasteiger charge is 2.28. The third-order valence-corrected chi connectivity index (χ3v) is 3.18. The van der Waals surface area contributed by atoms with Crippen LogP contribution < -0.4 is 9.64 Å². The van der Waals surface area contributed by atoms with E-state index in [0.29, 0.717) is 17.0 Å². The van der Waals surface area contributed by atoms with Crippen LogP contribution >= 0.6 is 11.6 Å². The Kier molecular flexibility index (Phi) is 4.80. The number of carbonyl (C=O) groups excluding carboxylic acids is 3. The highest BCUT2D eigenvalue weighted by Crippen LogP contribution is 2.33. The van der Waals surface area contributed by atoms with Crippen LogP contribution in [0.5, 0.6) is 5.75 Å². The van der Waals surface area contributed by atoms with E-state index in [1.54, 1.807) is 19.1 Å². The molecule has 21 heavy (non-hydrogen) atoms. The van der Waals surface area contributed by atoms with Gasteiger partial charge in [0.15, 0.2) is 12.4 Å². The first-order valence-corrected chi connectivity index (χ1v) is 6.92. The standard InChI is InChI=1S/C14H14ClNO5/c1-2-20-14(19)7-16-10-5-9(11(17)6-15)3-4-12(10)21-8-13(16)18/h3-5H,2,6-8H2,1H3. The Balaban J connectivity index is 2.33. The lowest BCUT2D eigenvalue weighted by Crippen LogP contribution is -2.42. The molecule has 1 aliphatic heterocycles. The van der Waals surface area contributed by atoms with E-state index in [1.807, 2.05) is 0 Å². The molecule has 0 saturated heterocycles. The molecule has 0 radical (unpaired) electrons. The molecule has 0 saturated carbocycles. The number of Topliss-reactive ketones (excluding diaryl/α,β-unsaturated/α-hetero) is 1. The number of halogens is 1. The number of hydrogen-bond acceptors (Lipinski definition) is 5. The number of ketones is 1. The summed E-state index contributed by atoms with van der Waals surface area (Å²) in [5, 5.41) is 0. The van der Waals surface area contributed by atoms with Gasteiger partial charge in [-0.15, -0.1) is 11.6 Å². The van der Waals surface area contributed by atoms with Crippen molar-refractivity contribution < 1.29 is 23.9 Å². The van der Waals surface area contributed by atoms with E-state index in [-0.39, 0.29) is 37.3 Å². The van der Waals surface area contributed by atoms with Crippen molar-refractivity contribution in [3.63, 3.8) is 0 Å². The molecule has 7 heteroatoms. The molecular weight excluding hydrogens is 298 g/mol. The summed E-state index contributed by atoms with van der Waals surface area (Å²) in [6, 6.07) is 4.65. The number of esters is 1. The smallest absolute Gasteiger partial charge is 0.326 e. The van der Waals surface area contributed by atoms with Gasteiger partial charge in [-0.25, -0.2) is 0 Å². The number of alkyl halides is 1. The van der Waals surface area contributed by atoms with Crippen molar-refractivity contribution >= 4 is 34.9 Å². The predicted molar refractivity (Wildman–Crippen MR) is 76.0 cm³/mol. The predicted octanol–water partition coefficient (Wildman–Crippen LogP) is 1.40. The first kappa shape index (κ1) is 15.3. The van der Waals surface area contributed by atoms with Crippen LogP contribution in [0.4, 0.5) is 5.69 Å². The first-order chi connectivity index (χ1) is 10.1. The Morgan fingerprint density at radius 3 is 2.86 bits per heavy atom. The van der Waals surface area contributed by atoms with E-state index in [4.69, 9.17) is 21.1 Å². The molecule has 1 aliphatic rings. The van der Waals surface area contributed by atoms with Gasteiger partial charge in [-0.05, 0) is 25.1 Å². The van der Waals surface area contributed by atoms with Gasteiger partial charge in [0.1, 0.15) is 12.3 Å².